The van der Waals surface area contributed by atoms with Gasteiger partial charge < -0.3 is 4.74 Å². The Morgan fingerprint density at radius 1 is 0.760 bits per heavy atom. The number of benzene rings is 2. The molecule has 0 fully saturated rings. The number of hydrogen-bond acceptors (Lipinski definition) is 1. The Bertz CT molecular complexity index is 708. The van der Waals surface area contributed by atoms with Crippen molar-refractivity contribution in [2.24, 2.45) is 0 Å². The minimum Gasteiger partial charge on any atom is -0.381 e. The van der Waals surface area contributed by atoms with Crippen molar-refractivity contribution in [2.45, 2.75) is 65.2 Å². The average molecular weight is 337 g/mol. The molecule has 0 N–H and O–H groups in total. The molecule has 1 aliphatic rings. The fourth-order valence-corrected chi connectivity index (χ4v) is 3.71. The summed E-state index contributed by atoms with van der Waals surface area (Å²) < 4.78 is 5.88. The van der Waals surface area contributed by atoms with Crippen LogP contribution in [0.15, 0.2) is 36.4 Å². The van der Waals surface area contributed by atoms with Gasteiger partial charge in [0.1, 0.15) is 0 Å². The van der Waals surface area contributed by atoms with Crippen LogP contribution in [0.3, 0.4) is 0 Å². The van der Waals surface area contributed by atoms with Crippen molar-refractivity contribution in [2.75, 3.05) is 13.2 Å². The first-order chi connectivity index (χ1) is 11.6. The van der Waals surface area contributed by atoms with Crippen molar-refractivity contribution in [3.8, 4) is 11.1 Å². The van der Waals surface area contributed by atoms with Crippen LogP contribution in [0.2, 0.25) is 0 Å². The third-order valence-corrected chi connectivity index (χ3v) is 5.36. The molecule has 2 aromatic rings. The molecule has 1 nitrogen and oxygen atoms in total. The van der Waals surface area contributed by atoms with Crippen LogP contribution in [-0.4, -0.2) is 13.2 Å². The summed E-state index contributed by atoms with van der Waals surface area (Å²) in [6.07, 6.45) is 0. The highest BCUT2D eigenvalue weighted by Gasteiger charge is 2.31. The highest BCUT2D eigenvalue weighted by atomic mass is 16.5. The van der Waals surface area contributed by atoms with Crippen LogP contribution >= 0.6 is 0 Å². The van der Waals surface area contributed by atoms with E-state index >= 15 is 0 Å². The van der Waals surface area contributed by atoms with Crippen LogP contribution in [0, 0.1) is 0 Å². The van der Waals surface area contributed by atoms with Crippen molar-refractivity contribution in [1.82, 2.24) is 0 Å². The molecular weight excluding hydrogens is 304 g/mol. The van der Waals surface area contributed by atoms with Crippen molar-refractivity contribution in [3.05, 3.63) is 58.7 Å². The molecule has 1 aliphatic carbocycles. The molecule has 0 spiro atoms. The van der Waals surface area contributed by atoms with E-state index in [1.54, 1.807) is 0 Å². The maximum absolute atomic E-state index is 5.88. The molecule has 0 aromatic heterocycles. The summed E-state index contributed by atoms with van der Waals surface area (Å²) in [5, 5.41) is 0. The number of ether oxygens (including phenoxy) is 1. The van der Waals surface area contributed by atoms with Crippen LogP contribution in [0.5, 0.6) is 0 Å². The van der Waals surface area contributed by atoms with E-state index in [0.717, 1.165) is 13.2 Å². The van der Waals surface area contributed by atoms with Crippen molar-refractivity contribution in [1.29, 1.82) is 0 Å². The van der Waals surface area contributed by atoms with Gasteiger partial charge in [0.25, 0.3) is 0 Å². The zero-order valence-corrected chi connectivity index (χ0v) is 16.9. The fraction of sp³-hybridized carbons (Fsp3) is 0.500. The Morgan fingerprint density at radius 3 is 1.56 bits per heavy atom. The largest absolute Gasteiger partial charge is 0.381 e. The van der Waals surface area contributed by atoms with Gasteiger partial charge in [-0.1, -0.05) is 77.9 Å². The van der Waals surface area contributed by atoms with E-state index in [1.807, 2.05) is 0 Å². The van der Waals surface area contributed by atoms with Gasteiger partial charge in [0.2, 0.25) is 0 Å². The molecule has 0 saturated heterocycles. The molecular formula is C24H32O. The Hall–Kier alpha value is -1.60. The summed E-state index contributed by atoms with van der Waals surface area (Å²) in [5.41, 5.74) is 8.76. The van der Waals surface area contributed by atoms with E-state index in [2.05, 4.69) is 84.9 Å². The Morgan fingerprint density at radius 2 is 1.20 bits per heavy atom. The molecule has 0 heterocycles. The monoisotopic (exact) mass is 336 g/mol. The van der Waals surface area contributed by atoms with Gasteiger partial charge in [0, 0.05) is 12.5 Å². The van der Waals surface area contributed by atoms with E-state index in [4.69, 9.17) is 4.74 Å². The first kappa shape index (κ1) is 18.2. The Kier molecular flexibility index (Phi) is 4.58. The number of fused-ring (bicyclic) bond motifs is 3. The molecule has 0 bridgehead atoms. The van der Waals surface area contributed by atoms with Gasteiger partial charge in [-0.15, -0.1) is 0 Å². The third-order valence-electron chi connectivity index (χ3n) is 5.36. The van der Waals surface area contributed by atoms with Gasteiger partial charge in [-0.3, -0.25) is 0 Å². The summed E-state index contributed by atoms with van der Waals surface area (Å²) in [7, 11) is 0. The van der Waals surface area contributed by atoms with Crippen LogP contribution < -0.4 is 0 Å². The van der Waals surface area contributed by atoms with Crippen LogP contribution in [0.25, 0.3) is 11.1 Å². The fourth-order valence-electron chi connectivity index (χ4n) is 3.71. The third kappa shape index (κ3) is 3.40. The van der Waals surface area contributed by atoms with Gasteiger partial charge in [0.15, 0.2) is 0 Å². The molecule has 0 radical (unpaired) electrons. The van der Waals surface area contributed by atoms with E-state index in [1.165, 1.54) is 33.4 Å². The maximum atomic E-state index is 5.88. The van der Waals surface area contributed by atoms with Crippen LogP contribution in [0.1, 0.15) is 76.6 Å². The van der Waals surface area contributed by atoms with E-state index in [0.29, 0.717) is 5.92 Å². The van der Waals surface area contributed by atoms with Gasteiger partial charge in [-0.25, -0.2) is 0 Å². The zero-order chi connectivity index (χ0) is 18.4. The van der Waals surface area contributed by atoms with Crippen molar-refractivity contribution >= 4 is 0 Å². The predicted octanol–water partition coefficient (Wildman–Crippen LogP) is 6.43. The van der Waals surface area contributed by atoms with Gasteiger partial charge in [-0.05, 0) is 51.1 Å². The number of rotatable bonds is 3. The zero-order valence-electron chi connectivity index (χ0n) is 16.9. The molecule has 0 aliphatic heterocycles. The lowest BCUT2D eigenvalue weighted by Gasteiger charge is -2.22. The summed E-state index contributed by atoms with van der Waals surface area (Å²) >= 11 is 0. The van der Waals surface area contributed by atoms with Crippen molar-refractivity contribution in [3.63, 3.8) is 0 Å². The lowest BCUT2D eigenvalue weighted by atomic mass is 9.83. The quantitative estimate of drug-likeness (QED) is 0.627. The smallest absolute Gasteiger partial charge is 0.0575 e. The van der Waals surface area contributed by atoms with Crippen molar-refractivity contribution < 1.29 is 4.74 Å². The normalized spacial score (nSPS) is 14.5. The maximum Gasteiger partial charge on any atom is 0.0575 e. The highest BCUT2D eigenvalue weighted by molar-refractivity contribution is 5.80. The molecule has 134 valence electrons. The van der Waals surface area contributed by atoms with Gasteiger partial charge in [-0.2, -0.15) is 0 Å². The second-order valence-corrected chi connectivity index (χ2v) is 9.32. The first-order valence-electron chi connectivity index (χ1n) is 9.50. The average Bonchev–Trinajstić information content (AvgIpc) is 2.83. The molecule has 3 rings (SSSR count). The topological polar surface area (TPSA) is 9.23 Å². The highest BCUT2D eigenvalue weighted by Crippen LogP contribution is 2.47. The molecule has 0 amide bonds. The predicted molar refractivity (Wildman–Crippen MR) is 108 cm³/mol. The van der Waals surface area contributed by atoms with Crippen LogP contribution in [0.4, 0.5) is 0 Å². The molecule has 25 heavy (non-hydrogen) atoms. The molecule has 0 saturated carbocycles. The second-order valence-electron chi connectivity index (χ2n) is 9.32. The summed E-state index contributed by atoms with van der Waals surface area (Å²) in [5.74, 6) is 0.342. The Balaban J connectivity index is 2.14. The summed E-state index contributed by atoms with van der Waals surface area (Å²) in [4.78, 5) is 0. The lowest BCUT2D eigenvalue weighted by Crippen LogP contribution is -2.14. The summed E-state index contributed by atoms with van der Waals surface area (Å²) in [6, 6.07) is 14.0. The summed E-state index contributed by atoms with van der Waals surface area (Å²) in [6.45, 7) is 17.3. The lowest BCUT2D eigenvalue weighted by molar-refractivity contribution is 0.141. The first-order valence-corrected chi connectivity index (χ1v) is 9.50. The molecule has 1 heteroatoms. The minimum atomic E-state index is 0.163. The molecule has 0 atom stereocenters. The van der Waals surface area contributed by atoms with Gasteiger partial charge in [0.05, 0.1) is 6.61 Å². The van der Waals surface area contributed by atoms with E-state index in [9.17, 15) is 0 Å². The van der Waals surface area contributed by atoms with E-state index in [-0.39, 0.29) is 10.8 Å². The second kappa shape index (κ2) is 6.29. The van der Waals surface area contributed by atoms with Crippen LogP contribution in [-0.2, 0) is 15.6 Å². The molecule has 2 aromatic carbocycles. The van der Waals surface area contributed by atoms with E-state index < -0.39 is 0 Å². The standard InChI is InChI=1S/C24H32O/c1-8-25-15-22-20-13-16(23(2,3)4)9-11-18(20)19-12-10-17(14-21(19)22)24(5,6)7/h9-14,22H,8,15H2,1-7H3. The van der Waals surface area contributed by atoms with Gasteiger partial charge >= 0.3 is 0 Å². The molecule has 0 unspecified atom stereocenters. The minimum absolute atomic E-state index is 0.163. The SMILES string of the molecule is CCOCC1c2cc(C(C)(C)C)ccc2-c2ccc(C(C)(C)C)cc21. The number of hydrogen-bond donors (Lipinski definition) is 0. The Labute approximate surface area is 153 Å².